The summed E-state index contributed by atoms with van der Waals surface area (Å²) < 4.78 is 9.42. The van der Waals surface area contributed by atoms with Gasteiger partial charge in [-0.25, -0.2) is 4.79 Å². The van der Waals surface area contributed by atoms with Gasteiger partial charge in [-0.3, -0.25) is 4.79 Å². The molecule has 0 aromatic rings. The van der Waals surface area contributed by atoms with Gasteiger partial charge < -0.3 is 14.4 Å². The molecule has 5 nitrogen and oxygen atoms in total. The van der Waals surface area contributed by atoms with Crippen LogP contribution in [0, 0.1) is 0 Å². The van der Waals surface area contributed by atoms with Crippen LogP contribution in [0.25, 0.3) is 0 Å². The van der Waals surface area contributed by atoms with Crippen molar-refractivity contribution < 1.29 is 19.1 Å². The maximum Gasteiger partial charge on any atom is 0.510 e. The average molecular weight is 250 g/mol. The van der Waals surface area contributed by atoms with Crippen LogP contribution in [0.1, 0.15) is 0 Å². The molecule has 0 saturated heterocycles. The van der Waals surface area contributed by atoms with Crippen molar-refractivity contribution in [3.05, 3.63) is 10.6 Å². The third-order valence-electron chi connectivity index (χ3n) is 1.58. The Morgan fingerprint density at radius 2 is 2.31 bits per heavy atom. The van der Waals surface area contributed by atoms with E-state index in [0.717, 1.165) is 0 Å². The van der Waals surface area contributed by atoms with Gasteiger partial charge in [-0.05, 0) is 22.0 Å². The predicted octanol–water partition coefficient (Wildman–Crippen LogP) is 0.846. The summed E-state index contributed by atoms with van der Waals surface area (Å²) in [7, 11) is 2.73. The number of likely N-dealkylation sites (N-methyl/N-ethyl adjacent to an activating group) is 1. The number of hydrogen-bond acceptors (Lipinski definition) is 4. The van der Waals surface area contributed by atoms with Crippen LogP contribution >= 0.6 is 15.9 Å². The van der Waals surface area contributed by atoms with Crippen molar-refractivity contribution in [2.75, 3.05) is 14.2 Å². The Labute approximate surface area is 83.4 Å². The lowest BCUT2D eigenvalue weighted by Crippen LogP contribution is -2.33. The smallest absolute Gasteiger partial charge is 0.438 e. The molecule has 1 unspecified atom stereocenters. The molecule has 0 spiro atoms. The van der Waals surface area contributed by atoms with Gasteiger partial charge in [0.1, 0.15) is 0 Å². The van der Waals surface area contributed by atoms with Crippen LogP contribution in [0.4, 0.5) is 4.79 Å². The molecule has 1 amide bonds. The van der Waals surface area contributed by atoms with Crippen LogP contribution in [0.2, 0.25) is 0 Å². The molecule has 0 aromatic heterocycles. The Morgan fingerprint density at radius 1 is 1.69 bits per heavy atom. The minimum Gasteiger partial charge on any atom is -0.438 e. The SMILES string of the molecule is COC(=O)OC1C=C(Br)C(=O)N1C. The second-order valence-electron chi connectivity index (χ2n) is 2.39. The molecule has 0 aromatic carbocycles. The lowest BCUT2D eigenvalue weighted by Gasteiger charge is -2.18. The summed E-state index contributed by atoms with van der Waals surface area (Å²) in [4.78, 5) is 23.1. The third-order valence-corrected chi connectivity index (χ3v) is 2.18. The van der Waals surface area contributed by atoms with Crippen LogP contribution in [0.15, 0.2) is 10.6 Å². The molecule has 0 bridgehead atoms. The molecular formula is C7H8BrNO4. The van der Waals surface area contributed by atoms with Crippen LogP contribution in [0.5, 0.6) is 0 Å². The predicted molar refractivity (Wildman–Crippen MR) is 47.1 cm³/mol. The van der Waals surface area contributed by atoms with Crippen LogP contribution in [0.3, 0.4) is 0 Å². The highest BCUT2D eigenvalue weighted by Gasteiger charge is 2.30. The summed E-state index contributed by atoms with van der Waals surface area (Å²) in [5.41, 5.74) is 0. The summed E-state index contributed by atoms with van der Waals surface area (Å²) in [6.45, 7) is 0. The highest BCUT2D eigenvalue weighted by molar-refractivity contribution is 9.12. The van der Waals surface area contributed by atoms with Gasteiger partial charge in [-0.2, -0.15) is 0 Å². The Kier molecular flexibility index (Phi) is 2.92. The van der Waals surface area contributed by atoms with Gasteiger partial charge >= 0.3 is 6.16 Å². The van der Waals surface area contributed by atoms with Crippen molar-refractivity contribution in [3.8, 4) is 0 Å². The van der Waals surface area contributed by atoms with Gasteiger partial charge in [-0.15, -0.1) is 0 Å². The summed E-state index contributed by atoms with van der Waals surface area (Å²) in [5, 5.41) is 0. The van der Waals surface area contributed by atoms with E-state index in [1.54, 1.807) is 0 Å². The number of carbonyl (C=O) groups is 2. The van der Waals surface area contributed by atoms with E-state index in [2.05, 4.69) is 20.7 Å². The van der Waals surface area contributed by atoms with Crippen LogP contribution in [-0.2, 0) is 14.3 Å². The molecule has 0 radical (unpaired) electrons. The van der Waals surface area contributed by atoms with E-state index in [1.807, 2.05) is 0 Å². The quantitative estimate of drug-likeness (QED) is 0.647. The number of ether oxygens (including phenoxy) is 2. The highest BCUT2D eigenvalue weighted by Crippen LogP contribution is 2.21. The van der Waals surface area contributed by atoms with Gasteiger partial charge in [-0.1, -0.05) is 0 Å². The van der Waals surface area contributed by atoms with Crippen molar-refractivity contribution >= 4 is 28.0 Å². The molecular weight excluding hydrogens is 242 g/mol. The standard InChI is InChI=1S/C7H8BrNO4/c1-9-5(13-7(11)12-2)3-4(8)6(9)10/h3,5H,1-2H3. The number of rotatable bonds is 1. The fourth-order valence-electron chi connectivity index (χ4n) is 0.852. The molecule has 1 heterocycles. The Balaban J connectivity index is 2.63. The zero-order valence-corrected chi connectivity index (χ0v) is 8.70. The minimum absolute atomic E-state index is 0.228. The normalized spacial score (nSPS) is 21.5. The van der Waals surface area contributed by atoms with E-state index in [-0.39, 0.29) is 5.91 Å². The van der Waals surface area contributed by atoms with Crippen molar-refractivity contribution in [1.82, 2.24) is 4.90 Å². The first kappa shape index (κ1) is 10.0. The first-order valence-electron chi connectivity index (χ1n) is 3.45. The van der Waals surface area contributed by atoms with Crippen molar-refractivity contribution in [1.29, 1.82) is 0 Å². The fourth-order valence-corrected chi connectivity index (χ4v) is 1.36. The number of carbonyl (C=O) groups excluding carboxylic acids is 2. The number of hydrogen-bond donors (Lipinski definition) is 0. The minimum atomic E-state index is -0.817. The van der Waals surface area contributed by atoms with Gasteiger partial charge in [0.05, 0.1) is 11.6 Å². The zero-order chi connectivity index (χ0) is 10.0. The van der Waals surface area contributed by atoms with Gasteiger partial charge in [0.25, 0.3) is 5.91 Å². The molecule has 0 saturated carbocycles. The highest BCUT2D eigenvalue weighted by atomic mass is 79.9. The molecule has 6 heteroatoms. The maximum atomic E-state index is 11.2. The lowest BCUT2D eigenvalue weighted by molar-refractivity contribution is -0.129. The van der Waals surface area contributed by atoms with E-state index in [0.29, 0.717) is 4.48 Å². The number of amides is 1. The molecule has 13 heavy (non-hydrogen) atoms. The fraction of sp³-hybridized carbons (Fsp3) is 0.429. The van der Waals surface area contributed by atoms with E-state index < -0.39 is 12.4 Å². The van der Waals surface area contributed by atoms with E-state index in [9.17, 15) is 9.59 Å². The molecule has 1 atom stereocenters. The monoisotopic (exact) mass is 249 g/mol. The summed E-state index contributed by atoms with van der Waals surface area (Å²) in [6.07, 6.45) is -0.0170. The molecule has 0 N–H and O–H groups in total. The Hall–Kier alpha value is -1.04. The second kappa shape index (κ2) is 3.78. The summed E-state index contributed by atoms with van der Waals surface area (Å²) >= 11 is 3.03. The number of halogens is 1. The summed E-state index contributed by atoms with van der Waals surface area (Å²) in [6, 6.07) is 0. The van der Waals surface area contributed by atoms with E-state index >= 15 is 0 Å². The van der Waals surface area contributed by atoms with Crippen molar-refractivity contribution in [2.24, 2.45) is 0 Å². The van der Waals surface area contributed by atoms with Crippen LogP contribution in [-0.4, -0.2) is 37.3 Å². The Bertz CT molecular complexity index is 276. The van der Waals surface area contributed by atoms with E-state index in [4.69, 9.17) is 4.74 Å². The lowest BCUT2D eigenvalue weighted by atomic mass is 10.5. The van der Waals surface area contributed by atoms with Crippen molar-refractivity contribution in [3.63, 3.8) is 0 Å². The van der Waals surface area contributed by atoms with Gasteiger partial charge in [0, 0.05) is 7.05 Å². The number of methoxy groups -OCH3 is 1. The third kappa shape index (κ3) is 2.00. The first-order chi connectivity index (χ1) is 6.06. The summed E-state index contributed by atoms with van der Waals surface area (Å²) in [5.74, 6) is -0.228. The molecule has 0 fully saturated rings. The second-order valence-corrected chi connectivity index (χ2v) is 3.25. The number of nitrogens with zero attached hydrogens (tertiary/aromatic N) is 1. The van der Waals surface area contributed by atoms with Crippen LogP contribution < -0.4 is 0 Å². The van der Waals surface area contributed by atoms with Gasteiger partial charge in [0.15, 0.2) is 0 Å². The largest absolute Gasteiger partial charge is 0.510 e. The van der Waals surface area contributed by atoms with E-state index in [1.165, 1.54) is 25.1 Å². The molecule has 1 aliphatic rings. The Morgan fingerprint density at radius 3 is 2.69 bits per heavy atom. The van der Waals surface area contributed by atoms with Crippen molar-refractivity contribution in [2.45, 2.75) is 6.23 Å². The topological polar surface area (TPSA) is 55.8 Å². The first-order valence-corrected chi connectivity index (χ1v) is 4.24. The maximum absolute atomic E-state index is 11.2. The molecule has 1 rings (SSSR count). The molecule has 72 valence electrons. The zero-order valence-electron chi connectivity index (χ0n) is 7.11. The van der Waals surface area contributed by atoms with Gasteiger partial charge in [0.2, 0.25) is 6.23 Å². The average Bonchev–Trinajstić information content (AvgIpc) is 2.34. The molecule has 1 aliphatic heterocycles. The molecule has 0 aliphatic carbocycles.